The van der Waals surface area contributed by atoms with Crippen LogP contribution < -0.4 is 15.4 Å². The van der Waals surface area contributed by atoms with Crippen molar-refractivity contribution in [2.75, 3.05) is 7.11 Å². The summed E-state index contributed by atoms with van der Waals surface area (Å²) >= 11 is 0. The zero-order valence-electron chi connectivity index (χ0n) is 10.1. The summed E-state index contributed by atoms with van der Waals surface area (Å²) in [4.78, 5) is 23.3. The van der Waals surface area contributed by atoms with Crippen molar-refractivity contribution >= 4 is 11.9 Å². The van der Waals surface area contributed by atoms with Crippen LogP contribution in [0.5, 0.6) is 5.75 Å². The van der Waals surface area contributed by atoms with E-state index in [0.717, 1.165) is 17.7 Å². The molecule has 1 saturated heterocycles. The summed E-state index contributed by atoms with van der Waals surface area (Å²) < 4.78 is 5.33. The van der Waals surface area contributed by atoms with Crippen LogP contribution in [0.3, 0.4) is 0 Å². The number of carbonyl (C=O) groups excluding carboxylic acids is 2. The van der Waals surface area contributed by atoms with Crippen molar-refractivity contribution in [1.29, 1.82) is 0 Å². The van der Waals surface area contributed by atoms with Crippen molar-refractivity contribution in [2.45, 2.75) is 24.8 Å². The van der Waals surface area contributed by atoms with Crippen molar-refractivity contribution in [3.8, 4) is 5.75 Å². The third-order valence-corrected chi connectivity index (χ3v) is 3.76. The molecule has 1 spiro atoms. The Hall–Kier alpha value is -2.04. The Balaban J connectivity index is 2.02. The predicted molar refractivity (Wildman–Crippen MR) is 64.4 cm³/mol. The van der Waals surface area contributed by atoms with E-state index >= 15 is 0 Å². The molecule has 5 heteroatoms. The number of amides is 3. The molecule has 3 rings (SSSR count). The van der Waals surface area contributed by atoms with Gasteiger partial charge in [-0.3, -0.25) is 10.1 Å². The molecule has 1 atom stereocenters. The summed E-state index contributed by atoms with van der Waals surface area (Å²) in [6, 6.07) is 5.47. The lowest BCUT2D eigenvalue weighted by atomic mass is 9.77. The van der Waals surface area contributed by atoms with E-state index in [-0.39, 0.29) is 5.91 Å². The number of methoxy groups -OCH3 is 1. The van der Waals surface area contributed by atoms with Gasteiger partial charge in [0.1, 0.15) is 11.3 Å². The van der Waals surface area contributed by atoms with Crippen LogP contribution in [0.1, 0.15) is 17.5 Å². The van der Waals surface area contributed by atoms with Gasteiger partial charge < -0.3 is 10.1 Å². The number of carbonyl (C=O) groups is 2. The second-order valence-corrected chi connectivity index (χ2v) is 4.77. The van der Waals surface area contributed by atoms with Crippen molar-refractivity contribution < 1.29 is 14.3 Å². The number of hydrogen-bond donors (Lipinski definition) is 2. The van der Waals surface area contributed by atoms with E-state index < -0.39 is 11.6 Å². The summed E-state index contributed by atoms with van der Waals surface area (Å²) in [5, 5.41) is 5.07. The fourth-order valence-corrected chi connectivity index (χ4v) is 2.80. The second-order valence-electron chi connectivity index (χ2n) is 4.77. The van der Waals surface area contributed by atoms with Gasteiger partial charge in [0.2, 0.25) is 0 Å². The summed E-state index contributed by atoms with van der Waals surface area (Å²) in [5.74, 6) is 0.546. The molecule has 0 bridgehead atoms. The van der Waals surface area contributed by atoms with Gasteiger partial charge >= 0.3 is 6.03 Å². The lowest BCUT2D eigenvalue weighted by molar-refractivity contribution is -0.124. The highest BCUT2D eigenvalue weighted by Crippen LogP contribution is 2.35. The van der Waals surface area contributed by atoms with E-state index in [4.69, 9.17) is 4.74 Å². The molecule has 1 aliphatic carbocycles. The third-order valence-electron chi connectivity index (χ3n) is 3.76. The smallest absolute Gasteiger partial charge is 0.322 e. The summed E-state index contributed by atoms with van der Waals surface area (Å²) in [7, 11) is 1.62. The van der Waals surface area contributed by atoms with Crippen molar-refractivity contribution in [2.24, 2.45) is 0 Å². The van der Waals surface area contributed by atoms with E-state index in [1.165, 1.54) is 5.56 Å². The first-order chi connectivity index (χ1) is 8.64. The number of hydrogen-bond acceptors (Lipinski definition) is 3. The number of imide groups is 1. The van der Waals surface area contributed by atoms with E-state index in [1.54, 1.807) is 7.11 Å². The normalized spacial score (nSPS) is 25.6. The first-order valence-electron chi connectivity index (χ1n) is 5.93. The number of rotatable bonds is 1. The van der Waals surface area contributed by atoms with Crippen LogP contribution in [0.15, 0.2) is 18.2 Å². The van der Waals surface area contributed by atoms with Gasteiger partial charge in [0.05, 0.1) is 7.11 Å². The Labute approximate surface area is 105 Å². The maximum atomic E-state index is 11.9. The lowest BCUT2D eigenvalue weighted by Gasteiger charge is -2.32. The van der Waals surface area contributed by atoms with Crippen LogP contribution in [0, 0.1) is 0 Å². The summed E-state index contributed by atoms with van der Waals surface area (Å²) in [6.45, 7) is 0. The monoisotopic (exact) mass is 246 g/mol. The molecule has 1 fully saturated rings. The largest absolute Gasteiger partial charge is 0.496 e. The van der Waals surface area contributed by atoms with Gasteiger partial charge in [0, 0.05) is 12.0 Å². The fourth-order valence-electron chi connectivity index (χ4n) is 2.80. The van der Waals surface area contributed by atoms with Gasteiger partial charge in [-0.05, 0) is 24.5 Å². The van der Waals surface area contributed by atoms with Crippen LogP contribution in [0.25, 0.3) is 0 Å². The third kappa shape index (κ3) is 1.47. The van der Waals surface area contributed by atoms with Crippen LogP contribution in [0.4, 0.5) is 4.79 Å². The highest BCUT2D eigenvalue weighted by atomic mass is 16.5. The molecule has 1 heterocycles. The quantitative estimate of drug-likeness (QED) is 0.719. The Kier molecular flexibility index (Phi) is 2.29. The van der Waals surface area contributed by atoms with Crippen LogP contribution in [-0.2, 0) is 17.6 Å². The molecule has 1 aromatic rings. The first-order valence-corrected chi connectivity index (χ1v) is 5.93. The molecular weight excluding hydrogens is 232 g/mol. The highest BCUT2D eigenvalue weighted by molar-refractivity contribution is 6.07. The van der Waals surface area contributed by atoms with E-state index in [2.05, 4.69) is 10.6 Å². The minimum absolute atomic E-state index is 0.232. The van der Waals surface area contributed by atoms with E-state index in [1.807, 2.05) is 18.2 Å². The van der Waals surface area contributed by atoms with Gasteiger partial charge in [-0.2, -0.15) is 0 Å². The molecule has 1 aliphatic heterocycles. The van der Waals surface area contributed by atoms with Crippen molar-refractivity contribution in [3.05, 3.63) is 29.3 Å². The minimum atomic E-state index is -0.793. The summed E-state index contributed by atoms with van der Waals surface area (Å²) in [6.07, 6.45) is 1.88. The molecular formula is C13H14N2O3. The molecule has 18 heavy (non-hydrogen) atoms. The Bertz CT molecular complexity index is 527. The Morgan fingerprint density at radius 1 is 1.33 bits per heavy atom. The number of ether oxygens (including phenoxy) is 1. The minimum Gasteiger partial charge on any atom is -0.496 e. The zero-order chi connectivity index (χ0) is 12.8. The van der Waals surface area contributed by atoms with Crippen LogP contribution in [0.2, 0.25) is 0 Å². The second kappa shape index (κ2) is 3.73. The molecule has 0 aromatic heterocycles. The van der Waals surface area contributed by atoms with Crippen LogP contribution >= 0.6 is 0 Å². The van der Waals surface area contributed by atoms with Gasteiger partial charge in [-0.25, -0.2) is 4.79 Å². The molecule has 0 radical (unpaired) electrons. The molecule has 1 unspecified atom stereocenters. The van der Waals surface area contributed by atoms with Gasteiger partial charge in [0.25, 0.3) is 5.91 Å². The highest BCUT2D eigenvalue weighted by Gasteiger charge is 2.48. The van der Waals surface area contributed by atoms with Gasteiger partial charge in [-0.1, -0.05) is 12.1 Å². The topological polar surface area (TPSA) is 67.4 Å². The number of aryl methyl sites for hydroxylation is 1. The van der Waals surface area contributed by atoms with Crippen molar-refractivity contribution in [1.82, 2.24) is 10.6 Å². The van der Waals surface area contributed by atoms with Crippen molar-refractivity contribution in [3.63, 3.8) is 0 Å². The number of benzene rings is 1. The van der Waals surface area contributed by atoms with Gasteiger partial charge in [0.15, 0.2) is 0 Å². The van der Waals surface area contributed by atoms with Gasteiger partial charge in [-0.15, -0.1) is 0 Å². The molecule has 0 saturated carbocycles. The standard InChI is InChI=1S/C13H14N2O3/c1-18-10-4-2-3-8-5-6-13(7-9(8)10)11(16)14-12(17)15-13/h2-4H,5-7H2,1H3,(H2,14,15,16,17). The number of fused-ring (bicyclic) bond motifs is 1. The fraction of sp³-hybridized carbons (Fsp3) is 0.385. The maximum Gasteiger partial charge on any atom is 0.322 e. The Morgan fingerprint density at radius 3 is 2.83 bits per heavy atom. The predicted octanol–water partition coefficient (Wildman–Crippen LogP) is 0.762. The average molecular weight is 246 g/mol. The molecule has 2 aliphatic rings. The van der Waals surface area contributed by atoms with E-state index in [9.17, 15) is 9.59 Å². The number of nitrogens with one attached hydrogen (secondary N) is 2. The SMILES string of the molecule is COc1cccc2c1CC1(CC2)NC(=O)NC1=O. The van der Waals surface area contributed by atoms with E-state index in [0.29, 0.717) is 12.8 Å². The molecule has 5 nitrogen and oxygen atoms in total. The molecule has 94 valence electrons. The van der Waals surface area contributed by atoms with Crippen LogP contribution in [-0.4, -0.2) is 24.6 Å². The molecule has 1 aromatic carbocycles. The zero-order valence-corrected chi connectivity index (χ0v) is 10.1. The molecule has 3 amide bonds. The average Bonchev–Trinajstić information content (AvgIpc) is 2.63. The first kappa shape index (κ1) is 11.1. The number of urea groups is 1. The lowest BCUT2D eigenvalue weighted by Crippen LogP contribution is -2.51. The summed E-state index contributed by atoms with van der Waals surface area (Å²) in [5.41, 5.74) is 1.41. The Morgan fingerprint density at radius 2 is 2.17 bits per heavy atom. The molecule has 2 N–H and O–H groups in total. The maximum absolute atomic E-state index is 11.9.